The Morgan fingerprint density at radius 2 is 1.95 bits per heavy atom. The highest BCUT2D eigenvalue weighted by molar-refractivity contribution is 6.34. The second kappa shape index (κ2) is 11.3. The Balaban J connectivity index is 1.23. The minimum Gasteiger partial charge on any atom is -0.492 e. The summed E-state index contributed by atoms with van der Waals surface area (Å²) >= 11 is 6.75. The summed E-state index contributed by atoms with van der Waals surface area (Å²) in [5.41, 5.74) is 5.51. The van der Waals surface area contributed by atoms with Crippen LogP contribution >= 0.6 is 11.6 Å². The van der Waals surface area contributed by atoms with Gasteiger partial charge in [0.25, 0.3) is 5.91 Å². The number of aliphatic hydroxyl groups excluding tert-OH is 1. The van der Waals surface area contributed by atoms with Crippen LogP contribution in [0.15, 0.2) is 30.3 Å². The molecule has 38 heavy (non-hydrogen) atoms. The summed E-state index contributed by atoms with van der Waals surface area (Å²) in [6.45, 7) is 6.39. The molecular formula is C30H37ClN4O3. The number of aliphatic hydroxyl groups is 1. The zero-order valence-corrected chi connectivity index (χ0v) is 22.7. The first-order valence-corrected chi connectivity index (χ1v) is 14.4. The predicted octanol–water partition coefficient (Wildman–Crippen LogP) is 4.94. The Morgan fingerprint density at radius 3 is 2.79 bits per heavy atom. The average Bonchev–Trinajstić information content (AvgIpc) is 3.67. The number of hydrogen-bond donors (Lipinski definition) is 3. The van der Waals surface area contributed by atoms with Crippen molar-refractivity contribution in [3.63, 3.8) is 0 Å². The number of amides is 1. The van der Waals surface area contributed by atoms with E-state index in [0.717, 1.165) is 66.6 Å². The Hall–Kier alpha value is -2.58. The number of nitrogens with one attached hydrogen (secondary N) is 2. The number of likely N-dealkylation sites (tertiary alicyclic amines) is 2. The largest absolute Gasteiger partial charge is 0.492 e. The van der Waals surface area contributed by atoms with Crippen LogP contribution < -0.4 is 10.1 Å². The number of halogens is 1. The number of fused-ring (bicyclic) bond motifs is 2. The van der Waals surface area contributed by atoms with Gasteiger partial charge in [-0.1, -0.05) is 24.1 Å². The molecular weight excluding hydrogens is 500 g/mol. The monoisotopic (exact) mass is 536 g/mol. The summed E-state index contributed by atoms with van der Waals surface area (Å²) in [6.07, 6.45) is 6.95. The second-order valence-electron chi connectivity index (χ2n) is 10.9. The number of piperidine rings is 1. The fourth-order valence-electron chi connectivity index (χ4n) is 6.33. The third-order valence-electron chi connectivity index (χ3n) is 8.37. The van der Waals surface area contributed by atoms with E-state index in [2.05, 4.69) is 44.4 Å². The van der Waals surface area contributed by atoms with Crippen molar-refractivity contribution in [1.82, 2.24) is 20.1 Å². The Morgan fingerprint density at radius 1 is 1.08 bits per heavy atom. The van der Waals surface area contributed by atoms with E-state index in [1.54, 1.807) is 0 Å². The molecule has 1 aromatic heterocycles. The fourth-order valence-corrected chi connectivity index (χ4v) is 6.61. The van der Waals surface area contributed by atoms with Crippen LogP contribution in [-0.2, 0) is 13.1 Å². The Labute approximate surface area is 229 Å². The third-order valence-corrected chi connectivity index (χ3v) is 8.78. The molecule has 0 unspecified atom stereocenters. The molecule has 202 valence electrons. The molecule has 3 aliphatic heterocycles. The number of rotatable bonds is 9. The summed E-state index contributed by atoms with van der Waals surface area (Å²) in [7, 11) is 0. The quantitative estimate of drug-likeness (QED) is 0.337. The molecule has 1 atom stereocenters. The molecule has 6 rings (SSSR count). The fraction of sp³-hybridized carbons (Fsp3) is 0.500. The lowest BCUT2D eigenvalue weighted by Crippen LogP contribution is -2.33. The molecule has 2 fully saturated rings. The first-order valence-electron chi connectivity index (χ1n) is 14.1. The first kappa shape index (κ1) is 25.7. The normalized spacial score (nSPS) is 20.3. The second-order valence-corrected chi connectivity index (χ2v) is 11.3. The maximum absolute atomic E-state index is 12.8. The number of aromatic amines is 1. The van der Waals surface area contributed by atoms with Crippen molar-refractivity contribution in [2.24, 2.45) is 0 Å². The topological polar surface area (TPSA) is 80.8 Å². The van der Waals surface area contributed by atoms with Gasteiger partial charge in [-0.3, -0.25) is 14.6 Å². The number of carbonyl (C=O) groups excluding carboxylic acids is 1. The standard InChI is InChI=1S/C30H37ClN4O3/c31-29-24-17-32-30(37)28(24)23(16-27(29)38-13-5-12-35-11-4-6-22(35)19-36)26-15-21-14-20(7-8-25(21)33-26)18-34-9-2-1-3-10-34/h7-8,14-16,22,33,36H,1-6,9-13,17-19H2,(H,32,37)/t22-/m0/s1. The van der Waals surface area contributed by atoms with Gasteiger partial charge in [-0.2, -0.15) is 0 Å². The molecule has 3 aromatic rings. The van der Waals surface area contributed by atoms with Crippen LogP contribution in [-0.4, -0.2) is 71.2 Å². The lowest BCUT2D eigenvalue weighted by molar-refractivity contribution is 0.0966. The Bertz CT molecular complexity index is 1320. The van der Waals surface area contributed by atoms with Gasteiger partial charge in [-0.15, -0.1) is 0 Å². The lowest BCUT2D eigenvalue weighted by atomic mass is 9.99. The van der Waals surface area contributed by atoms with E-state index in [1.165, 1.54) is 37.9 Å². The number of hydrogen-bond acceptors (Lipinski definition) is 5. The molecule has 2 aromatic carbocycles. The zero-order valence-electron chi connectivity index (χ0n) is 21.9. The minimum absolute atomic E-state index is 0.100. The molecule has 4 heterocycles. The summed E-state index contributed by atoms with van der Waals surface area (Å²) in [4.78, 5) is 21.2. The predicted molar refractivity (Wildman–Crippen MR) is 151 cm³/mol. The highest BCUT2D eigenvalue weighted by Gasteiger charge is 2.29. The van der Waals surface area contributed by atoms with Gasteiger partial charge in [0, 0.05) is 53.4 Å². The number of H-pyrrole nitrogens is 1. The van der Waals surface area contributed by atoms with E-state index in [1.807, 2.05) is 6.07 Å². The first-order chi connectivity index (χ1) is 18.6. The molecule has 8 heteroatoms. The lowest BCUT2D eigenvalue weighted by Gasteiger charge is -2.26. The molecule has 3 N–H and O–H groups in total. The van der Waals surface area contributed by atoms with Gasteiger partial charge in [-0.05, 0) is 81.6 Å². The molecule has 1 amide bonds. The van der Waals surface area contributed by atoms with Crippen molar-refractivity contribution in [3.05, 3.63) is 52.0 Å². The van der Waals surface area contributed by atoms with Gasteiger partial charge in [0.1, 0.15) is 5.75 Å². The number of ether oxygens (including phenoxy) is 1. The van der Waals surface area contributed by atoms with Gasteiger partial charge in [0.2, 0.25) is 0 Å². The Kier molecular flexibility index (Phi) is 7.61. The molecule has 7 nitrogen and oxygen atoms in total. The van der Waals surface area contributed by atoms with Gasteiger partial charge in [0.15, 0.2) is 0 Å². The van der Waals surface area contributed by atoms with E-state index < -0.39 is 0 Å². The van der Waals surface area contributed by atoms with Crippen molar-refractivity contribution < 1.29 is 14.6 Å². The maximum Gasteiger partial charge on any atom is 0.252 e. The van der Waals surface area contributed by atoms with Crippen molar-refractivity contribution in [2.45, 2.75) is 57.7 Å². The molecule has 2 saturated heterocycles. The highest BCUT2D eigenvalue weighted by atomic mass is 35.5. The van der Waals surface area contributed by atoms with E-state index in [9.17, 15) is 9.90 Å². The van der Waals surface area contributed by atoms with Crippen molar-refractivity contribution in [2.75, 3.05) is 39.4 Å². The highest BCUT2D eigenvalue weighted by Crippen LogP contribution is 2.41. The van der Waals surface area contributed by atoms with Gasteiger partial charge >= 0.3 is 0 Å². The van der Waals surface area contributed by atoms with E-state index >= 15 is 0 Å². The number of aromatic nitrogens is 1. The minimum atomic E-state index is -0.100. The van der Waals surface area contributed by atoms with Crippen molar-refractivity contribution in [3.8, 4) is 17.0 Å². The van der Waals surface area contributed by atoms with Crippen LogP contribution in [0, 0.1) is 0 Å². The maximum atomic E-state index is 12.8. The van der Waals surface area contributed by atoms with Crippen molar-refractivity contribution in [1.29, 1.82) is 0 Å². The van der Waals surface area contributed by atoms with Crippen molar-refractivity contribution >= 4 is 28.4 Å². The molecule has 0 aliphatic carbocycles. The smallest absolute Gasteiger partial charge is 0.252 e. The molecule has 3 aliphatic rings. The summed E-state index contributed by atoms with van der Waals surface area (Å²) in [6, 6.07) is 10.9. The van der Waals surface area contributed by atoms with Crippen LogP contribution in [0.2, 0.25) is 5.02 Å². The molecule has 0 spiro atoms. The van der Waals surface area contributed by atoms with Crippen LogP contribution in [0.3, 0.4) is 0 Å². The van der Waals surface area contributed by atoms with E-state index in [0.29, 0.717) is 29.5 Å². The zero-order chi connectivity index (χ0) is 26.1. The van der Waals surface area contributed by atoms with Crippen LogP contribution in [0.4, 0.5) is 0 Å². The number of benzene rings is 2. The third kappa shape index (κ3) is 5.17. The van der Waals surface area contributed by atoms with E-state index in [4.69, 9.17) is 16.3 Å². The SMILES string of the molecule is O=C1NCc2c(Cl)c(OCCCN3CCC[C@H]3CO)cc(-c3cc4cc(CN5CCCCC5)ccc4[nH]3)c21. The summed E-state index contributed by atoms with van der Waals surface area (Å²) in [5.74, 6) is 0.512. The van der Waals surface area contributed by atoms with Crippen LogP contribution in [0.1, 0.15) is 60.0 Å². The summed E-state index contributed by atoms with van der Waals surface area (Å²) < 4.78 is 6.19. The van der Waals surface area contributed by atoms with Gasteiger partial charge < -0.3 is 20.1 Å². The van der Waals surface area contributed by atoms with Gasteiger partial charge in [-0.25, -0.2) is 0 Å². The molecule has 0 radical (unpaired) electrons. The van der Waals surface area contributed by atoms with E-state index in [-0.39, 0.29) is 18.6 Å². The molecule has 0 saturated carbocycles. The number of nitrogens with zero attached hydrogens (tertiary/aromatic N) is 2. The number of carbonyl (C=O) groups is 1. The van der Waals surface area contributed by atoms with Gasteiger partial charge in [0.05, 0.1) is 23.8 Å². The van der Waals surface area contributed by atoms with Crippen LogP contribution in [0.25, 0.3) is 22.2 Å². The average molecular weight is 537 g/mol. The summed E-state index contributed by atoms with van der Waals surface area (Å²) in [5, 5.41) is 14.2. The molecule has 0 bridgehead atoms. The van der Waals surface area contributed by atoms with Crippen LogP contribution in [0.5, 0.6) is 5.75 Å².